The van der Waals surface area contributed by atoms with Gasteiger partial charge in [-0.1, -0.05) is 37.6 Å². The van der Waals surface area contributed by atoms with Gasteiger partial charge in [-0.15, -0.1) is 0 Å². The number of hydrogen-bond donors (Lipinski definition) is 2. The van der Waals surface area contributed by atoms with Gasteiger partial charge in [-0.3, -0.25) is 0 Å². The topological polar surface area (TPSA) is 38.0 Å². The highest BCUT2D eigenvalue weighted by Crippen LogP contribution is 2.25. The summed E-state index contributed by atoms with van der Waals surface area (Å²) in [5, 5.41) is 3.50. The van der Waals surface area contributed by atoms with Gasteiger partial charge in [0, 0.05) is 18.6 Å². The third-order valence-corrected chi connectivity index (χ3v) is 3.87. The van der Waals surface area contributed by atoms with Crippen molar-refractivity contribution in [1.29, 1.82) is 0 Å². The van der Waals surface area contributed by atoms with Crippen molar-refractivity contribution >= 4 is 0 Å². The molecule has 0 radical (unpaired) electrons. The smallest absolute Gasteiger partial charge is 0.0198 e. The fourth-order valence-electron chi connectivity index (χ4n) is 2.59. The largest absolute Gasteiger partial charge is 0.326 e. The lowest BCUT2D eigenvalue weighted by molar-refractivity contribution is 0.337. The Bertz CT molecular complexity index is 344. The van der Waals surface area contributed by atoms with Crippen LogP contribution in [0.3, 0.4) is 0 Å². The molecule has 17 heavy (non-hydrogen) atoms. The second-order valence-electron chi connectivity index (χ2n) is 5.28. The van der Waals surface area contributed by atoms with Crippen molar-refractivity contribution in [3.8, 4) is 0 Å². The summed E-state index contributed by atoms with van der Waals surface area (Å²) in [7, 11) is 0. The number of piperidine rings is 1. The van der Waals surface area contributed by atoms with E-state index in [1.807, 2.05) is 0 Å². The molecule has 0 saturated carbocycles. The Morgan fingerprint density at radius 3 is 2.59 bits per heavy atom. The van der Waals surface area contributed by atoms with Crippen molar-refractivity contribution in [1.82, 2.24) is 5.32 Å². The van der Waals surface area contributed by atoms with Crippen LogP contribution >= 0.6 is 0 Å². The summed E-state index contributed by atoms with van der Waals surface area (Å²) in [5.41, 5.74) is 8.99. The van der Waals surface area contributed by atoms with Crippen molar-refractivity contribution in [3.05, 3.63) is 35.4 Å². The van der Waals surface area contributed by atoms with Crippen molar-refractivity contribution in [3.63, 3.8) is 0 Å². The Kier molecular flexibility index (Phi) is 4.19. The summed E-state index contributed by atoms with van der Waals surface area (Å²) in [6.45, 7) is 5.45. The van der Waals surface area contributed by atoms with Gasteiger partial charge in [0.1, 0.15) is 0 Å². The Morgan fingerprint density at radius 2 is 2.00 bits per heavy atom. The predicted octanol–water partition coefficient (Wildman–Crippen LogP) is 2.43. The van der Waals surface area contributed by atoms with Crippen LogP contribution in [0.15, 0.2) is 24.3 Å². The van der Waals surface area contributed by atoms with E-state index < -0.39 is 0 Å². The van der Waals surface area contributed by atoms with Crippen LogP contribution < -0.4 is 11.1 Å². The third kappa shape index (κ3) is 3.08. The average molecular weight is 232 g/mol. The number of nitrogens with two attached hydrogens (primary N) is 1. The van der Waals surface area contributed by atoms with Crippen LogP contribution in [-0.4, -0.2) is 18.6 Å². The fourth-order valence-corrected chi connectivity index (χ4v) is 2.59. The lowest BCUT2D eigenvalue weighted by Crippen LogP contribution is -2.50. The molecule has 3 atom stereocenters. The van der Waals surface area contributed by atoms with Crippen LogP contribution in [0.25, 0.3) is 0 Å². The molecule has 0 bridgehead atoms. The van der Waals surface area contributed by atoms with E-state index in [-0.39, 0.29) is 6.04 Å². The second kappa shape index (κ2) is 5.65. The zero-order valence-electron chi connectivity index (χ0n) is 10.9. The quantitative estimate of drug-likeness (QED) is 0.840. The molecule has 0 amide bonds. The van der Waals surface area contributed by atoms with E-state index in [9.17, 15) is 0 Å². The standard InChI is InChI=1S/C15H24N2/c1-3-4-12-5-7-13(8-6-12)14-9-15(16)11(2)17-10-14/h5-8,11,14-15,17H,3-4,9-10,16H2,1-2H3. The second-order valence-corrected chi connectivity index (χ2v) is 5.28. The molecule has 3 N–H and O–H groups in total. The molecule has 2 heteroatoms. The summed E-state index contributed by atoms with van der Waals surface area (Å²) in [6.07, 6.45) is 3.49. The number of aryl methyl sites for hydroxylation is 1. The van der Waals surface area contributed by atoms with E-state index in [1.165, 1.54) is 24.0 Å². The summed E-state index contributed by atoms with van der Waals surface area (Å²) in [5.74, 6) is 0.580. The first-order valence-electron chi connectivity index (χ1n) is 6.78. The highest BCUT2D eigenvalue weighted by atomic mass is 15.0. The number of benzene rings is 1. The van der Waals surface area contributed by atoms with E-state index in [1.54, 1.807) is 0 Å². The lowest BCUT2D eigenvalue weighted by Gasteiger charge is -2.33. The molecule has 1 fully saturated rings. The molecule has 1 saturated heterocycles. The van der Waals surface area contributed by atoms with Crippen molar-refractivity contribution < 1.29 is 0 Å². The maximum Gasteiger partial charge on any atom is 0.0198 e. The van der Waals surface area contributed by atoms with Crippen LogP contribution in [0, 0.1) is 0 Å². The van der Waals surface area contributed by atoms with E-state index >= 15 is 0 Å². The van der Waals surface area contributed by atoms with Crippen LogP contribution in [0.2, 0.25) is 0 Å². The van der Waals surface area contributed by atoms with E-state index in [0.29, 0.717) is 12.0 Å². The van der Waals surface area contributed by atoms with Crippen molar-refractivity contribution in [2.45, 2.75) is 51.1 Å². The summed E-state index contributed by atoms with van der Waals surface area (Å²) >= 11 is 0. The fraction of sp³-hybridized carbons (Fsp3) is 0.600. The maximum atomic E-state index is 6.12. The van der Waals surface area contributed by atoms with Gasteiger partial charge in [0.15, 0.2) is 0 Å². The Morgan fingerprint density at radius 1 is 1.29 bits per heavy atom. The zero-order chi connectivity index (χ0) is 12.3. The van der Waals surface area contributed by atoms with Gasteiger partial charge >= 0.3 is 0 Å². The molecule has 0 aliphatic carbocycles. The Balaban J connectivity index is 2.02. The molecule has 1 heterocycles. The van der Waals surface area contributed by atoms with Gasteiger partial charge in [-0.05, 0) is 36.8 Å². The molecule has 2 nitrogen and oxygen atoms in total. The highest BCUT2D eigenvalue weighted by Gasteiger charge is 2.25. The summed E-state index contributed by atoms with van der Waals surface area (Å²) < 4.78 is 0. The Hall–Kier alpha value is -0.860. The van der Waals surface area contributed by atoms with E-state index in [2.05, 4.69) is 43.4 Å². The predicted molar refractivity (Wildman–Crippen MR) is 73.2 cm³/mol. The van der Waals surface area contributed by atoms with Crippen LogP contribution in [0.1, 0.15) is 43.7 Å². The summed E-state index contributed by atoms with van der Waals surface area (Å²) in [6, 6.07) is 9.82. The van der Waals surface area contributed by atoms with Gasteiger partial charge in [-0.25, -0.2) is 0 Å². The first kappa shape index (κ1) is 12.6. The third-order valence-electron chi connectivity index (χ3n) is 3.87. The zero-order valence-corrected chi connectivity index (χ0v) is 10.9. The highest BCUT2D eigenvalue weighted by molar-refractivity contribution is 5.26. The minimum absolute atomic E-state index is 0.282. The monoisotopic (exact) mass is 232 g/mol. The van der Waals surface area contributed by atoms with Gasteiger partial charge < -0.3 is 11.1 Å². The molecule has 0 spiro atoms. The molecule has 0 aromatic heterocycles. The SMILES string of the molecule is CCCc1ccc(C2CNC(C)C(N)C2)cc1. The van der Waals surface area contributed by atoms with Crippen molar-refractivity contribution in [2.24, 2.45) is 5.73 Å². The molecular weight excluding hydrogens is 208 g/mol. The molecule has 1 aromatic carbocycles. The molecule has 1 aliphatic heterocycles. The molecule has 1 aromatic rings. The Labute approximate surface area is 105 Å². The number of rotatable bonds is 3. The van der Waals surface area contributed by atoms with Crippen LogP contribution in [0.4, 0.5) is 0 Å². The molecule has 94 valence electrons. The van der Waals surface area contributed by atoms with Gasteiger partial charge in [0.05, 0.1) is 0 Å². The minimum atomic E-state index is 0.282. The first-order valence-corrected chi connectivity index (χ1v) is 6.78. The van der Waals surface area contributed by atoms with Gasteiger partial charge in [-0.2, -0.15) is 0 Å². The summed E-state index contributed by atoms with van der Waals surface area (Å²) in [4.78, 5) is 0. The molecule has 2 rings (SSSR count). The molecular formula is C15H24N2. The van der Waals surface area contributed by atoms with Crippen molar-refractivity contribution in [2.75, 3.05) is 6.54 Å². The first-order chi connectivity index (χ1) is 8.20. The van der Waals surface area contributed by atoms with Gasteiger partial charge in [0.2, 0.25) is 0 Å². The average Bonchev–Trinajstić information content (AvgIpc) is 2.34. The number of nitrogens with one attached hydrogen (secondary N) is 1. The van der Waals surface area contributed by atoms with E-state index in [4.69, 9.17) is 5.73 Å². The minimum Gasteiger partial charge on any atom is -0.326 e. The van der Waals surface area contributed by atoms with Gasteiger partial charge in [0.25, 0.3) is 0 Å². The van der Waals surface area contributed by atoms with Crippen LogP contribution in [-0.2, 0) is 6.42 Å². The van der Waals surface area contributed by atoms with E-state index in [0.717, 1.165) is 13.0 Å². The van der Waals surface area contributed by atoms with Crippen LogP contribution in [0.5, 0.6) is 0 Å². The maximum absolute atomic E-state index is 6.12. The molecule has 1 aliphatic rings. The lowest BCUT2D eigenvalue weighted by atomic mass is 9.86. The molecule has 3 unspecified atom stereocenters. The number of hydrogen-bond acceptors (Lipinski definition) is 2. The normalized spacial score (nSPS) is 29.2.